The molecule has 0 aromatic rings. The molecule has 0 bridgehead atoms. The van der Waals surface area contributed by atoms with Gasteiger partial charge in [0.2, 0.25) is 0 Å². The van der Waals surface area contributed by atoms with Gasteiger partial charge in [0.1, 0.15) is 0 Å². The first-order valence-electron chi connectivity index (χ1n) is 5.43. The Morgan fingerprint density at radius 3 is 2.77 bits per heavy atom. The molecule has 1 aliphatic carbocycles. The third-order valence-electron chi connectivity index (χ3n) is 3.09. The van der Waals surface area contributed by atoms with E-state index in [9.17, 15) is 0 Å². The minimum Gasteiger partial charge on any atom is -0.299 e. The van der Waals surface area contributed by atoms with Crippen molar-refractivity contribution >= 4 is 0 Å². The minimum atomic E-state index is 0.0112. The molecule has 74 valence electrons. The van der Waals surface area contributed by atoms with Crippen LogP contribution in [0.15, 0.2) is 0 Å². The summed E-state index contributed by atoms with van der Waals surface area (Å²) in [6.07, 6.45) is 6.54. The van der Waals surface area contributed by atoms with Gasteiger partial charge in [-0.05, 0) is 25.7 Å². The molecule has 0 amide bonds. The molecule has 2 nitrogen and oxygen atoms in total. The molecule has 1 saturated carbocycles. The topological polar surface area (TPSA) is 35.8 Å². The average molecular weight is 180 g/mol. The summed E-state index contributed by atoms with van der Waals surface area (Å²) in [5.41, 5.74) is 0. The van der Waals surface area contributed by atoms with E-state index in [1.165, 1.54) is 32.1 Å². The summed E-state index contributed by atoms with van der Waals surface area (Å²) < 4.78 is 0. The number of nitrogens with one attached hydrogen (secondary N) is 1. The van der Waals surface area contributed by atoms with Crippen LogP contribution in [-0.4, -0.2) is 12.1 Å². The summed E-state index contributed by atoms with van der Waals surface area (Å²) in [6.45, 7) is 4.20. The summed E-state index contributed by atoms with van der Waals surface area (Å²) >= 11 is 0. The molecule has 2 heteroatoms. The zero-order valence-electron chi connectivity index (χ0n) is 8.71. The number of nitrogens with zero attached hydrogens (tertiary/aromatic N) is 1. The third kappa shape index (κ3) is 3.00. The van der Waals surface area contributed by atoms with Gasteiger partial charge in [-0.2, -0.15) is 5.26 Å². The Morgan fingerprint density at radius 1 is 1.46 bits per heavy atom. The maximum Gasteiger partial charge on any atom is 0.0926 e. The van der Waals surface area contributed by atoms with Crippen LogP contribution in [0.5, 0.6) is 0 Å². The Balaban J connectivity index is 2.41. The molecule has 3 atom stereocenters. The zero-order valence-corrected chi connectivity index (χ0v) is 8.71. The second kappa shape index (κ2) is 5.24. The fourth-order valence-electron chi connectivity index (χ4n) is 2.27. The molecular formula is C11H20N2. The van der Waals surface area contributed by atoms with Gasteiger partial charge < -0.3 is 0 Å². The largest absolute Gasteiger partial charge is 0.299 e. The van der Waals surface area contributed by atoms with Crippen molar-refractivity contribution in [3.63, 3.8) is 0 Å². The Labute approximate surface area is 81.3 Å². The van der Waals surface area contributed by atoms with Gasteiger partial charge in [0.05, 0.1) is 12.1 Å². The predicted octanol–water partition coefficient (Wildman–Crippen LogP) is 2.46. The van der Waals surface area contributed by atoms with E-state index in [0.717, 1.165) is 5.92 Å². The predicted molar refractivity (Wildman–Crippen MR) is 54.2 cm³/mol. The zero-order chi connectivity index (χ0) is 9.68. The van der Waals surface area contributed by atoms with Crippen molar-refractivity contribution in [2.75, 3.05) is 0 Å². The van der Waals surface area contributed by atoms with E-state index in [1.54, 1.807) is 0 Å². The molecule has 0 aliphatic heterocycles. The Hall–Kier alpha value is -0.550. The molecule has 0 aromatic carbocycles. The Bertz CT molecular complexity index is 183. The van der Waals surface area contributed by atoms with Gasteiger partial charge in [-0.15, -0.1) is 0 Å². The number of nitriles is 1. The van der Waals surface area contributed by atoms with Crippen molar-refractivity contribution in [2.45, 2.75) is 58.0 Å². The van der Waals surface area contributed by atoms with Crippen LogP contribution in [0, 0.1) is 17.2 Å². The third-order valence-corrected chi connectivity index (χ3v) is 3.09. The molecular weight excluding hydrogens is 160 g/mol. The van der Waals surface area contributed by atoms with Crippen LogP contribution in [-0.2, 0) is 0 Å². The monoisotopic (exact) mass is 180 g/mol. The molecule has 0 aromatic heterocycles. The molecule has 0 spiro atoms. The lowest BCUT2D eigenvalue weighted by atomic mass is 9.82. The minimum absolute atomic E-state index is 0.0112. The molecule has 1 fully saturated rings. The maximum atomic E-state index is 8.71. The molecule has 1 N–H and O–H groups in total. The molecule has 0 heterocycles. The van der Waals surface area contributed by atoms with E-state index in [0.29, 0.717) is 6.04 Å². The fourth-order valence-corrected chi connectivity index (χ4v) is 2.27. The molecule has 13 heavy (non-hydrogen) atoms. The van der Waals surface area contributed by atoms with E-state index in [4.69, 9.17) is 5.26 Å². The second-order valence-electron chi connectivity index (χ2n) is 4.08. The smallest absolute Gasteiger partial charge is 0.0926 e. The van der Waals surface area contributed by atoms with E-state index < -0.39 is 0 Å². The number of rotatable bonds is 3. The van der Waals surface area contributed by atoms with Crippen molar-refractivity contribution < 1.29 is 0 Å². The van der Waals surface area contributed by atoms with Crippen LogP contribution in [0.3, 0.4) is 0 Å². The molecule has 1 rings (SSSR count). The lowest BCUT2D eigenvalue weighted by molar-refractivity contribution is 0.250. The normalized spacial score (nSPS) is 30.8. The van der Waals surface area contributed by atoms with E-state index in [1.807, 2.05) is 6.92 Å². The lowest BCUT2D eigenvalue weighted by Gasteiger charge is -2.32. The Morgan fingerprint density at radius 2 is 2.15 bits per heavy atom. The van der Waals surface area contributed by atoms with Crippen molar-refractivity contribution in [2.24, 2.45) is 5.92 Å². The summed E-state index contributed by atoms with van der Waals surface area (Å²) in [5.74, 6) is 0.796. The molecule has 0 saturated heterocycles. The van der Waals surface area contributed by atoms with E-state index in [2.05, 4.69) is 18.3 Å². The van der Waals surface area contributed by atoms with Crippen LogP contribution in [0.1, 0.15) is 46.0 Å². The van der Waals surface area contributed by atoms with Gasteiger partial charge in [-0.25, -0.2) is 0 Å². The van der Waals surface area contributed by atoms with Gasteiger partial charge in [0.15, 0.2) is 0 Å². The van der Waals surface area contributed by atoms with Crippen LogP contribution < -0.4 is 5.32 Å². The van der Waals surface area contributed by atoms with Gasteiger partial charge in [0, 0.05) is 6.04 Å². The summed E-state index contributed by atoms with van der Waals surface area (Å²) in [6, 6.07) is 2.85. The van der Waals surface area contributed by atoms with Crippen LogP contribution in [0.2, 0.25) is 0 Å². The highest BCUT2D eigenvalue weighted by molar-refractivity contribution is 4.91. The summed E-state index contributed by atoms with van der Waals surface area (Å²) in [7, 11) is 0. The average Bonchev–Trinajstić information content (AvgIpc) is 2.18. The molecule has 0 radical (unpaired) electrons. The lowest BCUT2D eigenvalue weighted by Crippen LogP contribution is -2.42. The van der Waals surface area contributed by atoms with E-state index in [-0.39, 0.29) is 6.04 Å². The molecule has 3 unspecified atom stereocenters. The van der Waals surface area contributed by atoms with Gasteiger partial charge in [0.25, 0.3) is 0 Å². The van der Waals surface area contributed by atoms with Gasteiger partial charge >= 0.3 is 0 Å². The SMILES string of the molecule is CCC1CCCCC1NC(C)C#N. The first kappa shape index (κ1) is 10.5. The van der Waals surface area contributed by atoms with Crippen molar-refractivity contribution in [1.29, 1.82) is 5.26 Å². The molecule has 1 aliphatic rings. The Kier molecular flexibility index (Phi) is 4.24. The van der Waals surface area contributed by atoms with Crippen LogP contribution >= 0.6 is 0 Å². The maximum absolute atomic E-state index is 8.71. The fraction of sp³-hybridized carbons (Fsp3) is 0.909. The quantitative estimate of drug-likeness (QED) is 0.724. The number of hydrogen-bond donors (Lipinski definition) is 1. The van der Waals surface area contributed by atoms with Crippen molar-refractivity contribution in [3.05, 3.63) is 0 Å². The standard InChI is InChI=1S/C11H20N2/c1-3-10-6-4-5-7-11(10)13-9(2)8-12/h9-11,13H,3-7H2,1-2H3. The first-order chi connectivity index (χ1) is 6.27. The van der Waals surface area contributed by atoms with Crippen molar-refractivity contribution in [3.8, 4) is 6.07 Å². The highest BCUT2D eigenvalue weighted by Gasteiger charge is 2.24. The van der Waals surface area contributed by atoms with Crippen LogP contribution in [0.4, 0.5) is 0 Å². The van der Waals surface area contributed by atoms with Gasteiger partial charge in [-0.1, -0.05) is 26.2 Å². The number of hydrogen-bond acceptors (Lipinski definition) is 2. The van der Waals surface area contributed by atoms with Crippen LogP contribution in [0.25, 0.3) is 0 Å². The highest BCUT2D eigenvalue weighted by atomic mass is 14.9. The van der Waals surface area contributed by atoms with Crippen molar-refractivity contribution in [1.82, 2.24) is 5.32 Å². The van der Waals surface area contributed by atoms with Gasteiger partial charge in [-0.3, -0.25) is 5.32 Å². The summed E-state index contributed by atoms with van der Waals surface area (Å²) in [5, 5.41) is 12.1. The highest BCUT2D eigenvalue weighted by Crippen LogP contribution is 2.26. The second-order valence-corrected chi connectivity index (χ2v) is 4.08. The summed E-state index contributed by atoms with van der Waals surface area (Å²) in [4.78, 5) is 0. The van der Waals surface area contributed by atoms with E-state index >= 15 is 0 Å². The first-order valence-corrected chi connectivity index (χ1v) is 5.43.